The van der Waals surface area contributed by atoms with Crippen LogP contribution in [0.4, 0.5) is 28.6 Å². The van der Waals surface area contributed by atoms with E-state index in [0.29, 0.717) is 11.0 Å². The second-order valence-corrected chi connectivity index (χ2v) is 7.04. The van der Waals surface area contributed by atoms with Crippen LogP contribution in [-0.4, -0.2) is 36.3 Å². The standard InChI is InChI=1S/C21H22ClN5O/c1-15-5-6-17(12-19(15)26-21-13-20(22)23-14-24-21)25-16-3-2-4-18(11-16)27-7-9-28-10-8-27/h2-6,11-14,25H,7-10H2,1H3,(H,23,24,26). The lowest BCUT2D eigenvalue weighted by atomic mass is 10.1. The third-order valence-electron chi connectivity index (χ3n) is 4.65. The largest absolute Gasteiger partial charge is 0.378 e. The third kappa shape index (κ3) is 4.52. The zero-order chi connectivity index (χ0) is 19.3. The fourth-order valence-electron chi connectivity index (χ4n) is 3.14. The van der Waals surface area contributed by atoms with Gasteiger partial charge in [-0.3, -0.25) is 0 Å². The van der Waals surface area contributed by atoms with Gasteiger partial charge in [-0.15, -0.1) is 0 Å². The van der Waals surface area contributed by atoms with Crippen molar-refractivity contribution >= 4 is 40.2 Å². The van der Waals surface area contributed by atoms with Crippen LogP contribution in [0.25, 0.3) is 0 Å². The molecule has 4 rings (SSSR count). The molecule has 3 aromatic rings. The van der Waals surface area contributed by atoms with Crippen LogP contribution in [0.5, 0.6) is 0 Å². The smallest absolute Gasteiger partial charge is 0.135 e. The average Bonchev–Trinajstić information content (AvgIpc) is 2.71. The molecule has 0 atom stereocenters. The van der Waals surface area contributed by atoms with E-state index >= 15 is 0 Å². The van der Waals surface area contributed by atoms with Crippen LogP contribution in [0.15, 0.2) is 54.9 Å². The summed E-state index contributed by atoms with van der Waals surface area (Å²) < 4.78 is 5.45. The van der Waals surface area contributed by atoms with Crippen molar-refractivity contribution in [2.75, 3.05) is 41.8 Å². The molecule has 0 bridgehead atoms. The summed E-state index contributed by atoms with van der Waals surface area (Å²) >= 11 is 5.95. The minimum atomic E-state index is 0.407. The van der Waals surface area contributed by atoms with E-state index < -0.39 is 0 Å². The average molecular weight is 396 g/mol. The normalized spacial score (nSPS) is 14.0. The van der Waals surface area contributed by atoms with Crippen LogP contribution in [0.1, 0.15) is 5.56 Å². The van der Waals surface area contributed by atoms with Crippen molar-refractivity contribution in [2.24, 2.45) is 0 Å². The quantitative estimate of drug-likeness (QED) is 0.607. The second kappa shape index (κ2) is 8.46. The Kier molecular flexibility index (Phi) is 5.60. The summed E-state index contributed by atoms with van der Waals surface area (Å²) in [5, 5.41) is 7.20. The maximum absolute atomic E-state index is 5.95. The number of hydrogen-bond donors (Lipinski definition) is 2. The van der Waals surface area contributed by atoms with Gasteiger partial charge in [-0.1, -0.05) is 23.7 Å². The SMILES string of the molecule is Cc1ccc(Nc2cccc(N3CCOCC3)c2)cc1Nc1cc(Cl)ncn1. The number of aromatic nitrogens is 2. The Labute approximate surface area is 169 Å². The number of nitrogens with one attached hydrogen (secondary N) is 2. The maximum atomic E-state index is 5.95. The van der Waals surface area contributed by atoms with E-state index in [1.54, 1.807) is 6.07 Å². The van der Waals surface area contributed by atoms with Gasteiger partial charge in [0, 0.05) is 41.9 Å². The van der Waals surface area contributed by atoms with Gasteiger partial charge in [-0.05, 0) is 42.8 Å². The fourth-order valence-corrected chi connectivity index (χ4v) is 3.29. The van der Waals surface area contributed by atoms with Crippen LogP contribution in [0, 0.1) is 6.92 Å². The molecule has 1 saturated heterocycles. The van der Waals surface area contributed by atoms with E-state index in [-0.39, 0.29) is 0 Å². The van der Waals surface area contributed by atoms with Crippen molar-refractivity contribution in [2.45, 2.75) is 6.92 Å². The monoisotopic (exact) mass is 395 g/mol. The van der Waals surface area contributed by atoms with E-state index in [0.717, 1.165) is 48.9 Å². The maximum Gasteiger partial charge on any atom is 0.135 e. The molecule has 6 nitrogen and oxygen atoms in total. The van der Waals surface area contributed by atoms with Gasteiger partial charge in [0.1, 0.15) is 17.3 Å². The molecular formula is C21H22ClN5O. The summed E-state index contributed by atoms with van der Waals surface area (Å²) in [6.07, 6.45) is 1.44. The van der Waals surface area contributed by atoms with Gasteiger partial charge in [0.25, 0.3) is 0 Å². The van der Waals surface area contributed by atoms with Crippen molar-refractivity contribution < 1.29 is 4.74 Å². The lowest BCUT2D eigenvalue weighted by molar-refractivity contribution is 0.122. The van der Waals surface area contributed by atoms with Gasteiger partial charge >= 0.3 is 0 Å². The summed E-state index contributed by atoms with van der Waals surface area (Å²) in [4.78, 5) is 10.5. The molecule has 28 heavy (non-hydrogen) atoms. The molecule has 2 heterocycles. The number of ether oxygens (including phenoxy) is 1. The predicted octanol–water partition coefficient (Wildman–Crippen LogP) is 4.76. The number of hydrogen-bond acceptors (Lipinski definition) is 6. The number of halogens is 1. The molecule has 144 valence electrons. The zero-order valence-corrected chi connectivity index (χ0v) is 16.4. The minimum Gasteiger partial charge on any atom is -0.378 e. The fraction of sp³-hybridized carbons (Fsp3) is 0.238. The van der Waals surface area contributed by atoms with Gasteiger partial charge in [-0.25, -0.2) is 9.97 Å². The molecule has 7 heteroatoms. The highest BCUT2D eigenvalue weighted by molar-refractivity contribution is 6.29. The van der Waals surface area contributed by atoms with E-state index in [4.69, 9.17) is 16.3 Å². The van der Waals surface area contributed by atoms with Crippen molar-refractivity contribution in [3.05, 3.63) is 65.6 Å². The summed E-state index contributed by atoms with van der Waals surface area (Å²) in [6, 6.07) is 16.3. The molecule has 1 fully saturated rings. The Hall–Kier alpha value is -2.83. The van der Waals surface area contributed by atoms with Crippen LogP contribution >= 0.6 is 11.6 Å². The van der Waals surface area contributed by atoms with Gasteiger partial charge in [0.15, 0.2) is 0 Å². The molecule has 0 unspecified atom stereocenters. The first-order chi connectivity index (χ1) is 13.7. The Bertz CT molecular complexity index is 959. The highest BCUT2D eigenvalue weighted by atomic mass is 35.5. The first-order valence-electron chi connectivity index (χ1n) is 9.22. The summed E-state index contributed by atoms with van der Waals surface area (Å²) in [5.74, 6) is 0.662. The molecular weight excluding hydrogens is 374 g/mol. The van der Waals surface area contributed by atoms with Crippen molar-refractivity contribution in [3.63, 3.8) is 0 Å². The molecule has 1 aromatic heterocycles. The topological polar surface area (TPSA) is 62.3 Å². The van der Waals surface area contributed by atoms with Crippen molar-refractivity contribution in [1.29, 1.82) is 0 Å². The van der Waals surface area contributed by atoms with Crippen LogP contribution < -0.4 is 15.5 Å². The Morgan fingerprint density at radius 1 is 0.964 bits per heavy atom. The molecule has 2 aromatic carbocycles. The second-order valence-electron chi connectivity index (χ2n) is 6.66. The third-order valence-corrected chi connectivity index (χ3v) is 4.85. The van der Waals surface area contributed by atoms with Crippen LogP contribution in [0.2, 0.25) is 5.15 Å². The number of aryl methyl sites for hydroxylation is 1. The summed E-state index contributed by atoms with van der Waals surface area (Å²) in [5.41, 5.74) is 5.32. The predicted molar refractivity (Wildman–Crippen MR) is 114 cm³/mol. The molecule has 0 radical (unpaired) electrons. The number of anilines is 5. The van der Waals surface area contributed by atoms with Gasteiger partial charge in [0.2, 0.25) is 0 Å². The van der Waals surface area contributed by atoms with E-state index in [2.05, 4.69) is 68.0 Å². The highest BCUT2D eigenvalue weighted by Gasteiger charge is 2.11. The van der Waals surface area contributed by atoms with E-state index in [1.807, 2.05) is 6.92 Å². The van der Waals surface area contributed by atoms with E-state index in [9.17, 15) is 0 Å². The van der Waals surface area contributed by atoms with Crippen molar-refractivity contribution in [3.8, 4) is 0 Å². The van der Waals surface area contributed by atoms with Crippen molar-refractivity contribution in [1.82, 2.24) is 9.97 Å². The highest BCUT2D eigenvalue weighted by Crippen LogP contribution is 2.28. The first kappa shape index (κ1) is 18.5. The zero-order valence-electron chi connectivity index (χ0n) is 15.7. The lowest BCUT2D eigenvalue weighted by Crippen LogP contribution is -2.36. The molecule has 1 aliphatic heterocycles. The number of benzene rings is 2. The number of nitrogens with zero attached hydrogens (tertiary/aromatic N) is 3. The Morgan fingerprint density at radius 3 is 2.61 bits per heavy atom. The summed E-state index contributed by atoms with van der Waals surface area (Å²) in [6.45, 7) is 5.44. The van der Waals surface area contributed by atoms with E-state index in [1.165, 1.54) is 12.0 Å². The van der Waals surface area contributed by atoms with Gasteiger partial charge < -0.3 is 20.3 Å². The first-order valence-corrected chi connectivity index (χ1v) is 9.60. The molecule has 0 spiro atoms. The molecule has 0 amide bonds. The minimum absolute atomic E-state index is 0.407. The lowest BCUT2D eigenvalue weighted by Gasteiger charge is -2.29. The summed E-state index contributed by atoms with van der Waals surface area (Å²) in [7, 11) is 0. The van der Waals surface area contributed by atoms with Crippen LogP contribution in [-0.2, 0) is 4.74 Å². The van der Waals surface area contributed by atoms with Gasteiger partial charge in [0.05, 0.1) is 13.2 Å². The van der Waals surface area contributed by atoms with Crippen LogP contribution in [0.3, 0.4) is 0 Å². The Morgan fingerprint density at radius 2 is 1.79 bits per heavy atom. The molecule has 1 aliphatic rings. The Balaban J connectivity index is 1.52. The molecule has 0 aliphatic carbocycles. The molecule has 2 N–H and O–H groups in total. The van der Waals surface area contributed by atoms with Gasteiger partial charge in [-0.2, -0.15) is 0 Å². The number of morpholine rings is 1. The number of rotatable bonds is 5. The molecule has 0 saturated carbocycles.